The third kappa shape index (κ3) is 8.77. The smallest absolute Gasteiger partial charge is 0.0946 e. The number of rotatable bonds is 13. The molecule has 1 heterocycles. The summed E-state index contributed by atoms with van der Waals surface area (Å²) >= 11 is 0. The minimum atomic E-state index is -0.313. The quantitative estimate of drug-likeness (QED) is 0.385. The molecule has 1 rings (SSSR count). The van der Waals surface area contributed by atoms with Crippen LogP contribution in [-0.4, -0.2) is 77.1 Å². The van der Waals surface area contributed by atoms with Crippen LogP contribution in [0.2, 0.25) is 0 Å². The summed E-state index contributed by atoms with van der Waals surface area (Å²) in [4.78, 5) is 0. The zero-order valence-electron chi connectivity index (χ0n) is 16.6. The maximum Gasteiger partial charge on any atom is 0.0946 e. The number of hydroxylamine groups is 2. The van der Waals surface area contributed by atoms with Crippen molar-refractivity contribution >= 4 is 0 Å². The molecule has 0 spiro atoms. The van der Waals surface area contributed by atoms with E-state index >= 15 is 0 Å². The number of hydrogen-bond acceptors (Lipinski definition) is 6. The van der Waals surface area contributed by atoms with Gasteiger partial charge >= 0.3 is 0 Å². The molecule has 7 nitrogen and oxygen atoms in total. The topological polar surface area (TPSA) is 73.7 Å². The van der Waals surface area contributed by atoms with Crippen molar-refractivity contribution < 1.29 is 28.7 Å². The van der Waals surface area contributed by atoms with Crippen molar-refractivity contribution in [2.45, 2.75) is 57.7 Å². The van der Waals surface area contributed by atoms with Crippen LogP contribution in [0.3, 0.4) is 0 Å². The molecule has 0 aliphatic carbocycles. The zero-order chi connectivity index (χ0) is 18.8. The molecule has 0 unspecified atom stereocenters. The Balaban J connectivity index is 2.00. The highest BCUT2D eigenvalue weighted by atomic mass is 16.6. The van der Waals surface area contributed by atoms with Gasteiger partial charge in [0, 0.05) is 20.0 Å². The number of quaternary nitrogens is 1. The molecule has 7 heteroatoms. The first-order chi connectivity index (χ1) is 11.8. The van der Waals surface area contributed by atoms with Gasteiger partial charge in [-0.1, -0.05) is 0 Å². The number of methoxy groups -OCH3 is 1. The molecular weight excluding hydrogens is 326 g/mol. The normalized spacial score (nSPS) is 25.2. The van der Waals surface area contributed by atoms with Crippen molar-refractivity contribution in [2.75, 3.05) is 60.0 Å². The lowest BCUT2D eigenvalue weighted by Gasteiger charge is -2.54. The SMILES string of the molecule is COCCOCCOCCOCCOC1CC(C)(C)[NH+]([O-])C(C)(C)C1. The molecule has 0 aromatic carbocycles. The Morgan fingerprint density at radius 1 is 0.760 bits per heavy atom. The van der Waals surface area contributed by atoms with Gasteiger partial charge in [0.05, 0.1) is 70.0 Å². The summed E-state index contributed by atoms with van der Waals surface area (Å²) in [6.07, 6.45) is 1.68. The molecule has 1 aliphatic heterocycles. The Bertz CT molecular complexity index is 332. The summed E-state index contributed by atoms with van der Waals surface area (Å²) < 4.78 is 27.0. The number of nitrogens with one attached hydrogen (secondary N) is 1. The number of piperidine rings is 1. The van der Waals surface area contributed by atoms with Gasteiger partial charge in [0.1, 0.15) is 0 Å². The van der Waals surface area contributed by atoms with E-state index in [1.165, 1.54) is 0 Å². The summed E-state index contributed by atoms with van der Waals surface area (Å²) in [7, 11) is 1.65. The molecule has 0 saturated carbocycles. The lowest BCUT2D eigenvalue weighted by molar-refractivity contribution is -0.956. The second-order valence-corrected chi connectivity index (χ2v) is 7.83. The summed E-state index contributed by atoms with van der Waals surface area (Å²) in [5.41, 5.74) is -0.626. The van der Waals surface area contributed by atoms with Gasteiger partial charge in [-0.3, -0.25) is 0 Å². The van der Waals surface area contributed by atoms with Crippen LogP contribution in [0.15, 0.2) is 0 Å². The van der Waals surface area contributed by atoms with Crippen LogP contribution in [-0.2, 0) is 23.7 Å². The molecular formula is C18H37NO6. The first-order valence-corrected chi connectivity index (χ1v) is 9.18. The molecule has 0 aromatic heterocycles. The van der Waals surface area contributed by atoms with Crippen LogP contribution in [0.1, 0.15) is 40.5 Å². The molecule has 0 radical (unpaired) electrons. The monoisotopic (exact) mass is 363 g/mol. The summed E-state index contributed by atoms with van der Waals surface area (Å²) in [6, 6.07) is 0. The highest BCUT2D eigenvalue weighted by Crippen LogP contribution is 2.25. The van der Waals surface area contributed by atoms with Gasteiger partial charge in [0.25, 0.3) is 0 Å². The highest BCUT2D eigenvalue weighted by Gasteiger charge is 2.45. The van der Waals surface area contributed by atoms with E-state index in [4.69, 9.17) is 23.7 Å². The van der Waals surface area contributed by atoms with Crippen molar-refractivity contribution in [3.63, 3.8) is 0 Å². The van der Waals surface area contributed by atoms with Crippen LogP contribution >= 0.6 is 0 Å². The maximum absolute atomic E-state index is 12.4. The van der Waals surface area contributed by atoms with Crippen LogP contribution in [0.25, 0.3) is 0 Å². The summed E-state index contributed by atoms with van der Waals surface area (Å²) in [5.74, 6) is 0. The zero-order valence-corrected chi connectivity index (χ0v) is 16.6. The molecule has 150 valence electrons. The van der Waals surface area contributed by atoms with E-state index in [-0.39, 0.29) is 17.2 Å². The van der Waals surface area contributed by atoms with Crippen molar-refractivity contribution in [2.24, 2.45) is 0 Å². The lowest BCUT2D eigenvalue weighted by atomic mass is 9.80. The Hall–Kier alpha value is -0.280. The minimum absolute atomic E-state index is 0.117. The Morgan fingerprint density at radius 2 is 1.16 bits per heavy atom. The first kappa shape index (κ1) is 22.8. The molecule has 0 atom stereocenters. The maximum atomic E-state index is 12.4. The van der Waals surface area contributed by atoms with Crippen LogP contribution in [0.5, 0.6) is 0 Å². The molecule has 1 N–H and O–H groups in total. The van der Waals surface area contributed by atoms with E-state index in [9.17, 15) is 5.21 Å². The Kier molecular flexibility index (Phi) is 10.4. The molecule has 1 aliphatic rings. The van der Waals surface area contributed by atoms with Gasteiger partial charge in [0.2, 0.25) is 0 Å². The predicted octanol–water partition coefficient (Wildman–Crippen LogP) is 0.802. The highest BCUT2D eigenvalue weighted by molar-refractivity contribution is 4.87. The van der Waals surface area contributed by atoms with E-state index < -0.39 is 0 Å². The number of hydrogen-bond donors (Lipinski definition) is 1. The molecule has 0 aromatic rings. The minimum Gasteiger partial charge on any atom is -0.634 e. The largest absolute Gasteiger partial charge is 0.634 e. The Labute approximate surface area is 152 Å². The van der Waals surface area contributed by atoms with E-state index in [1.54, 1.807) is 7.11 Å². The molecule has 25 heavy (non-hydrogen) atoms. The molecule has 0 bridgehead atoms. The van der Waals surface area contributed by atoms with Crippen molar-refractivity contribution in [3.05, 3.63) is 5.21 Å². The van der Waals surface area contributed by atoms with E-state index in [0.717, 1.165) is 12.8 Å². The summed E-state index contributed by atoms with van der Waals surface area (Å²) in [6.45, 7) is 12.6. The third-order valence-electron chi connectivity index (χ3n) is 4.46. The first-order valence-electron chi connectivity index (χ1n) is 9.18. The fraction of sp³-hybridized carbons (Fsp3) is 1.00. The average molecular weight is 363 g/mol. The average Bonchev–Trinajstić information content (AvgIpc) is 2.53. The van der Waals surface area contributed by atoms with Crippen molar-refractivity contribution in [1.82, 2.24) is 0 Å². The fourth-order valence-electron chi connectivity index (χ4n) is 3.39. The van der Waals surface area contributed by atoms with Crippen LogP contribution < -0.4 is 5.06 Å². The van der Waals surface area contributed by atoms with E-state index in [0.29, 0.717) is 57.9 Å². The lowest BCUT2D eigenvalue weighted by Crippen LogP contribution is -3.23. The van der Waals surface area contributed by atoms with E-state index in [2.05, 4.69) is 0 Å². The van der Waals surface area contributed by atoms with Gasteiger partial charge in [0.15, 0.2) is 0 Å². The van der Waals surface area contributed by atoms with Crippen molar-refractivity contribution in [3.8, 4) is 0 Å². The second-order valence-electron chi connectivity index (χ2n) is 7.83. The van der Waals surface area contributed by atoms with Gasteiger partial charge < -0.3 is 34.0 Å². The van der Waals surface area contributed by atoms with Crippen LogP contribution in [0, 0.1) is 5.21 Å². The van der Waals surface area contributed by atoms with E-state index in [1.807, 2.05) is 27.7 Å². The Morgan fingerprint density at radius 3 is 1.60 bits per heavy atom. The van der Waals surface area contributed by atoms with Gasteiger partial charge in [-0.25, -0.2) is 0 Å². The number of ether oxygens (including phenoxy) is 5. The van der Waals surface area contributed by atoms with Gasteiger partial charge in [-0.2, -0.15) is 0 Å². The van der Waals surface area contributed by atoms with Gasteiger partial charge in [-0.05, 0) is 27.7 Å². The summed E-state index contributed by atoms with van der Waals surface area (Å²) in [5, 5.41) is 12.7. The molecule has 0 amide bonds. The second kappa shape index (κ2) is 11.4. The molecule has 1 fully saturated rings. The van der Waals surface area contributed by atoms with Gasteiger partial charge in [-0.15, -0.1) is 0 Å². The molecule has 1 saturated heterocycles. The standard InChI is InChI=1S/C18H37NO6/c1-17(2)14-16(15-18(3,4)19(17)20)25-13-12-24-11-10-23-9-8-22-7-6-21-5/h16,19H,6-15H2,1-5H3. The fourth-order valence-corrected chi connectivity index (χ4v) is 3.39. The van der Waals surface area contributed by atoms with Crippen LogP contribution in [0.4, 0.5) is 0 Å². The third-order valence-corrected chi connectivity index (χ3v) is 4.46. The predicted molar refractivity (Wildman–Crippen MR) is 95.8 cm³/mol. The van der Waals surface area contributed by atoms with Crippen molar-refractivity contribution in [1.29, 1.82) is 0 Å².